The number of aliphatic carboxylic acids is 1. The molecule has 8 nitrogen and oxygen atoms in total. The number of rotatable bonds is 6. The molecule has 0 saturated heterocycles. The van der Waals surface area contributed by atoms with Crippen molar-refractivity contribution in [2.45, 2.75) is 25.3 Å². The fraction of sp³-hybridized carbons (Fsp3) is 0.211. The number of hydrogen-bond donors (Lipinski definition) is 1. The Morgan fingerprint density at radius 1 is 1.21 bits per heavy atom. The summed E-state index contributed by atoms with van der Waals surface area (Å²) in [6, 6.07) is 13.0. The molecule has 9 heteroatoms. The van der Waals surface area contributed by atoms with Crippen LogP contribution in [0.4, 0.5) is 5.69 Å². The Balaban J connectivity index is 1.94. The molecule has 1 atom stereocenters. The summed E-state index contributed by atoms with van der Waals surface area (Å²) in [4.78, 5) is 34.0. The summed E-state index contributed by atoms with van der Waals surface area (Å²) < 4.78 is 0.902. The quantitative estimate of drug-likeness (QED) is 0.534. The Kier molecular flexibility index (Phi) is 5.84. The summed E-state index contributed by atoms with van der Waals surface area (Å²) in [5.74, 6) is -1.51. The van der Waals surface area contributed by atoms with Crippen LogP contribution in [0.3, 0.4) is 0 Å². The molecule has 1 N–H and O–H groups in total. The summed E-state index contributed by atoms with van der Waals surface area (Å²) in [5.41, 5.74) is 1.99. The maximum Gasteiger partial charge on any atom is 0.303 e. The SMILES string of the molecule is O=C(O)CCC(=O)N1N=C(c2ccc(Br)cc2)C[C@H]1c1cccc([N+](=O)[O-])c1. The lowest BCUT2D eigenvalue weighted by molar-refractivity contribution is -0.385. The van der Waals surface area contributed by atoms with Crippen LogP contribution in [0.1, 0.15) is 36.4 Å². The Labute approximate surface area is 168 Å². The van der Waals surface area contributed by atoms with E-state index >= 15 is 0 Å². The smallest absolute Gasteiger partial charge is 0.303 e. The first-order valence-corrected chi connectivity index (χ1v) is 9.26. The van der Waals surface area contributed by atoms with Gasteiger partial charge in [-0.15, -0.1) is 0 Å². The predicted octanol–water partition coefficient (Wildman–Crippen LogP) is 3.90. The summed E-state index contributed by atoms with van der Waals surface area (Å²) in [6.45, 7) is 0. The standard InChI is InChI=1S/C19H16BrN3O5/c20-14-6-4-12(5-7-14)16-11-17(13-2-1-3-15(10-13)23(27)28)22(21-16)18(24)8-9-19(25)26/h1-7,10,17H,8-9,11H2,(H,25,26)/t17-/m0/s1. The molecular weight excluding hydrogens is 430 g/mol. The molecule has 0 fully saturated rings. The third-order valence-electron chi connectivity index (χ3n) is 4.36. The number of carbonyl (C=O) groups excluding carboxylic acids is 1. The van der Waals surface area contributed by atoms with Crippen molar-refractivity contribution in [3.8, 4) is 0 Å². The van der Waals surface area contributed by atoms with Crippen molar-refractivity contribution in [3.05, 3.63) is 74.2 Å². The molecule has 2 aromatic rings. The van der Waals surface area contributed by atoms with Gasteiger partial charge >= 0.3 is 5.97 Å². The molecule has 1 amide bonds. The summed E-state index contributed by atoms with van der Waals surface area (Å²) >= 11 is 3.37. The van der Waals surface area contributed by atoms with Gasteiger partial charge in [0.1, 0.15) is 0 Å². The number of hydrazone groups is 1. The number of nitro benzene ring substituents is 1. The van der Waals surface area contributed by atoms with Gasteiger partial charge in [-0.3, -0.25) is 19.7 Å². The molecule has 1 heterocycles. The van der Waals surface area contributed by atoms with E-state index < -0.39 is 22.8 Å². The topological polar surface area (TPSA) is 113 Å². The number of non-ortho nitro benzene ring substituents is 1. The molecule has 0 bridgehead atoms. The van der Waals surface area contributed by atoms with Crippen LogP contribution in [0.2, 0.25) is 0 Å². The van der Waals surface area contributed by atoms with Gasteiger partial charge in [-0.05, 0) is 23.3 Å². The number of nitrogens with zero attached hydrogens (tertiary/aromatic N) is 3. The van der Waals surface area contributed by atoms with E-state index in [0.29, 0.717) is 17.7 Å². The Morgan fingerprint density at radius 3 is 2.57 bits per heavy atom. The molecule has 3 rings (SSSR count). The second-order valence-electron chi connectivity index (χ2n) is 6.26. The Hall–Kier alpha value is -3.07. The van der Waals surface area contributed by atoms with E-state index in [2.05, 4.69) is 21.0 Å². The van der Waals surface area contributed by atoms with Gasteiger partial charge in [0.2, 0.25) is 5.91 Å². The summed E-state index contributed by atoms with van der Waals surface area (Å²) in [7, 11) is 0. The van der Waals surface area contributed by atoms with E-state index in [1.165, 1.54) is 17.1 Å². The van der Waals surface area contributed by atoms with E-state index in [4.69, 9.17) is 5.11 Å². The minimum absolute atomic E-state index is 0.0764. The van der Waals surface area contributed by atoms with E-state index in [-0.39, 0.29) is 18.5 Å². The highest BCUT2D eigenvalue weighted by atomic mass is 79.9. The molecule has 2 aromatic carbocycles. The molecule has 0 aliphatic carbocycles. The van der Waals surface area contributed by atoms with Crippen molar-refractivity contribution in [1.82, 2.24) is 5.01 Å². The highest BCUT2D eigenvalue weighted by Crippen LogP contribution is 2.35. The van der Waals surface area contributed by atoms with Crippen LogP contribution in [0.5, 0.6) is 0 Å². The van der Waals surface area contributed by atoms with Gasteiger partial charge in [0.15, 0.2) is 0 Å². The fourth-order valence-corrected chi connectivity index (χ4v) is 3.26. The first-order valence-electron chi connectivity index (χ1n) is 8.47. The Morgan fingerprint density at radius 2 is 1.93 bits per heavy atom. The molecule has 0 radical (unpaired) electrons. The first kappa shape index (κ1) is 19.7. The normalized spacial score (nSPS) is 16.0. The zero-order valence-corrected chi connectivity index (χ0v) is 16.2. The lowest BCUT2D eigenvalue weighted by Crippen LogP contribution is -2.27. The maximum atomic E-state index is 12.6. The van der Waals surface area contributed by atoms with Gasteiger partial charge in [0.25, 0.3) is 5.69 Å². The van der Waals surface area contributed by atoms with Gasteiger partial charge in [0, 0.05) is 29.4 Å². The molecule has 0 unspecified atom stereocenters. The van der Waals surface area contributed by atoms with Crippen LogP contribution < -0.4 is 0 Å². The predicted molar refractivity (Wildman–Crippen MR) is 105 cm³/mol. The third kappa shape index (κ3) is 4.42. The Bertz CT molecular complexity index is 958. The van der Waals surface area contributed by atoms with Crippen LogP contribution in [0.15, 0.2) is 58.1 Å². The fourth-order valence-electron chi connectivity index (χ4n) is 2.99. The van der Waals surface area contributed by atoms with Crippen molar-refractivity contribution < 1.29 is 19.6 Å². The van der Waals surface area contributed by atoms with Crippen molar-refractivity contribution in [1.29, 1.82) is 0 Å². The van der Waals surface area contributed by atoms with Gasteiger partial charge in [-0.2, -0.15) is 5.10 Å². The molecule has 1 aliphatic heterocycles. The van der Waals surface area contributed by atoms with E-state index in [9.17, 15) is 19.7 Å². The zero-order chi connectivity index (χ0) is 20.3. The molecule has 0 saturated carbocycles. The van der Waals surface area contributed by atoms with Gasteiger partial charge in [0.05, 0.1) is 23.1 Å². The monoisotopic (exact) mass is 445 g/mol. The maximum absolute atomic E-state index is 12.6. The average Bonchev–Trinajstić information content (AvgIpc) is 3.12. The second kappa shape index (κ2) is 8.30. The van der Waals surface area contributed by atoms with Crippen molar-refractivity contribution in [2.24, 2.45) is 5.10 Å². The van der Waals surface area contributed by atoms with E-state index in [1.807, 2.05) is 24.3 Å². The van der Waals surface area contributed by atoms with Crippen LogP contribution in [-0.2, 0) is 9.59 Å². The van der Waals surface area contributed by atoms with Gasteiger partial charge in [-0.25, -0.2) is 5.01 Å². The number of nitro groups is 1. The minimum Gasteiger partial charge on any atom is -0.481 e. The lowest BCUT2D eigenvalue weighted by Gasteiger charge is -2.21. The van der Waals surface area contributed by atoms with Crippen LogP contribution in [0, 0.1) is 10.1 Å². The van der Waals surface area contributed by atoms with Gasteiger partial charge in [-0.1, -0.05) is 40.2 Å². The molecule has 144 valence electrons. The second-order valence-corrected chi connectivity index (χ2v) is 7.17. The molecular formula is C19H16BrN3O5. The lowest BCUT2D eigenvalue weighted by atomic mass is 9.98. The minimum atomic E-state index is -1.07. The molecule has 0 spiro atoms. The molecule has 28 heavy (non-hydrogen) atoms. The zero-order valence-electron chi connectivity index (χ0n) is 14.6. The molecule has 0 aromatic heterocycles. The van der Waals surface area contributed by atoms with E-state index in [1.54, 1.807) is 12.1 Å². The summed E-state index contributed by atoms with van der Waals surface area (Å²) in [6.07, 6.45) is -0.125. The van der Waals surface area contributed by atoms with E-state index in [0.717, 1.165) is 10.0 Å². The third-order valence-corrected chi connectivity index (χ3v) is 4.89. The van der Waals surface area contributed by atoms with Crippen molar-refractivity contribution >= 4 is 39.2 Å². The van der Waals surface area contributed by atoms with Crippen LogP contribution in [-0.4, -0.2) is 32.6 Å². The van der Waals surface area contributed by atoms with Crippen LogP contribution in [0.25, 0.3) is 0 Å². The highest BCUT2D eigenvalue weighted by Gasteiger charge is 2.33. The average molecular weight is 446 g/mol. The van der Waals surface area contributed by atoms with Crippen molar-refractivity contribution in [3.63, 3.8) is 0 Å². The number of carbonyl (C=O) groups is 2. The van der Waals surface area contributed by atoms with Crippen molar-refractivity contribution in [2.75, 3.05) is 0 Å². The first-order chi connectivity index (χ1) is 13.3. The number of benzene rings is 2. The number of amides is 1. The van der Waals surface area contributed by atoms with Gasteiger partial charge < -0.3 is 5.11 Å². The number of halogens is 1. The highest BCUT2D eigenvalue weighted by molar-refractivity contribution is 9.10. The number of carboxylic acid groups (broad SMARTS) is 1. The number of hydrogen-bond acceptors (Lipinski definition) is 5. The summed E-state index contributed by atoms with van der Waals surface area (Å²) in [5, 5.41) is 25.6. The molecule has 1 aliphatic rings. The largest absolute Gasteiger partial charge is 0.481 e. The van der Waals surface area contributed by atoms with Crippen LogP contribution >= 0.6 is 15.9 Å². The number of carboxylic acids is 1.